The lowest BCUT2D eigenvalue weighted by atomic mass is 10.1. The number of rotatable bonds is 20. The number of anilines is 1. The van der Waals surface area contributed by atoms with Crippen LogP contribution in [0.2, 0.25) is 0 Å². The highest BCUT2D eigenvalue weighted by molar-refractivity contribution is 8.03. The third-order valence-electron chi connectivity index (χ3n) is 7.57. The standard InChI is InChI=1S/C35H52N2O2S/c1-4-6-7-8-9-10-11-12-13-14-15-16-24-39-34-19-17-18-32(25-34)28-37(35(38)5-2)33-22-20-31(21-23-33)27-36-26-30(3)40-29-36/h17-23,25-26H,4-16,24,27-29H2,1-3H3. The summed E-state index contributed by atoms with van der Waals surface area (Å²) in [6, 6.07) is 16.7. The fraction of sp³-hybridized carbons (Fsp3) is 0.571. The predicted molar refractivity (Wildman–Crippen MR) is 173 cm³/mol. The molecule has 220 valence electrons. The highest BCUT2D eigenvalue weighted by Crippen LogP contribution is 2.27. The van der Waals surface area contributed by atoms with Crippen LogP contribution in [0.3, 0.4) is 0 Å². The summed E-state index contributed by atoms with van der Waals surface area (Å²) in [6.45, 7) is 8.56. The van der Waals surface area contributed by atoms with Gasteiger partial charge in [-0.05, 0) is 53.6 Å². The van der Waals surface area contributed by atoms with Crippen LogP contribution in [0.1, 0.15) is 115 Å². The van der Waals surface area contributed by atoms with Gasteiger partial charge in [-0.25, -0.2) is 0 Å². The van der Waals surface area contributed by atoms with Gasteiger partial charge >= 0.3 is 0 Å². The Bertz CT molecular complexity index is 1020. The van der Waals surface area contributed by atoms with Crippen molar-refractivity contribution < 1.29 is 9.53 Å². The Hall–Kier alpha value is -2.40. The number of ether oxygens (including phenoxy) is 1. The summed E-state index contributed by atoms with van der Waals surface area (Å²) in [5, 5.41) is 0. The van der Waals surface area contributed by atoms with Crippen LogP contribution >= 0.6 is 11.8 Å². The first-order valence-corrected chi connectivity index (χ1v) is 16.7. The van der Waals surface area contributed by atoms with E-state index in [4.69, 9.17) is 4.74 Å². The predicted octanol–water partition coefficient (Wildman–Crippen LogP) is 10.1. The van der Waals surface area contributed by atoms with Crippen LogP contribution < -0.4 is 9.64 Å². The van der Waals surface area contributed by atoms with Gasteiger partial charge in [-0.15, -0.1) is 11.8 Å². The van der Waals surface area contributed by atoms with Gasteiger partial charge in [0.25, 0.3) is 0 Å². The van der Waals surface area contributed by atoms with Gasteiger partial charge in [0.05, 0.1) is 19.0 Å². The number of thioether (sulfide) groups is 1. The van der Waals surface area contributed by atoms with Gasteiger partial charge in [-0.2, -0.15) is 0 Å². The molecule has 2 aromatic carbocycles. The van der Waals surface area contributed by atoms with Gasteiger partial charge in [0.1, 0.15) is 5.75 Å². The van der Waals surface area contributed by atoms with E-state index in [2.05, 4.69) is 61.3 Å². The van der Waals surface area contributed by atoms with Crippen LogP contribution in [0.5, 0.6) is 5.75 Å². The normalized spacial score (nSPS) is 13.0. The lowest BCUT2D eigenvalue weighted by Crippen LogP contribution is -2.29. The number of unbranched alkanes of at least 4 members (excludes halogenated alkanes) is 11. The zero-order chi connectivity index (χ0) is 28.4. The molecule has 1 aliphatic rings. The van der Waals surface area contributed by atoms with Crippen molar-refractivity contribution in [2.45, 2.75) is 117 Å². The Labute approximate surface area is 248 Å². The molecule has 5 heteroatoms. The van der Waals surface area contributed by atoms with E-state index in [9.17, 15) is 4.79 Å². The van der Waals surface area contributed by atoms with Crippen LogP contribution in [0.4, 0.5) is 5.69 Å². The molecular formula is C35H52N2O2S. The number of carbonyl (C=O) groups excluding carboxylic acids is 1. The third kappa shape index (κ3) is 12.0. The van der Waals surface area contributed by atoms with Gasteiger partial charge in [-0.1, -0.05) is 109 Å². The first-order valence-electron chi connectivity index (χ1n) is 15.8. The molecule has 0 saturated heterocycles. The Balaban J connectivity index is 1.39. The fourth-order valence-corrected chi connectivity index (χ4v) is 5.95. The SMILES string of the molecule is CCCCCCCCCCCCCCOc1cccc(CN(C(=O)CC)c2ccc(CN3C=C(C)SC3)cc2)c1. The smallest absolute Gasteiger partial charge is 0.227 e. The minimum atomic E-state index is 0.130. The first kappa shape index (κ1) is 32.1. The highest BCUT2D eigenvalue weighted by atomic mass is 32.2. The van der Waals surface area contributed by atoms with Crippen molar-refractivity contribution in [2.24, 2.45) is 0 Å². The number of benzene rings is 2. The van der Waals surface area contributed by atoms with Crippen molar-refractivity contribution in [3.8, 4) is 5.75 Å². The molecule has 1 heterocycles. The second-order valence-corrected chi connectivity index (χ2v) is 12.3. The van der Waals surface area contributed by atoms with Crippen LogP contribution in [0.25, 0.3) is 0 Å². The molecule has 0 N–H and O–H groups in total. The molecular weight excluding hydrogens is 512 g/mol. The lowest BCUT2D eigenvalue weighted by molar-refractivity contribution is -0.118. The summed E-state index contributed by atoms with van der Waals surface area (Å²) in [6.07, 6.45) is 18.8. The van der Waals surface area contributed by atoms with E-state index in [-0.39, 0.29) is 5.91 Å². The summed E-state index contributed by atoms with van der Waals surface area (Å²) in [7, 11) is 0. The second-order valence-electron chi connectivity index (χ2n) is 11.1. The largest absolute Gasteiger partial charge is 0.494 e. The van der Waals surface area contributed by atoms with E-state index >= 15 is 0 Å². The summed E-state index contributed by atoms with van der Waals surface area (Å²) in [5.74, 6) is 2.03. The number of hydrogen-bond acceptors (Lipinski definition) is 4. The van der Waals surface area contributed by atoms with Gasteiger partial charge < -0.3 is 14.5 Å². The second kappa shape index (κ2) is 18.9. The molecule has 0 aromatic heterocycles. The van der Waals surface area contributed by atoms with Gasteiger partial charge in [0, 0.05) is 24.9 Å². The number of hydrogen-bond donors (Lipinski definition) is 0. The van der Waals surface area contributed by atoms with Gasteiger partial charge in [0.15, 0.2) is 0 Å². The lowest BCUT2D eigenvalue weighted by Gasteiger charge is -2.23. The summed E-state index contributed by atoms with van der Waals surface area (Å²) >= 11 is 1.88. The monoisotopic (exact) mass is 564 g/mol. The van der Waals surface area contributed by atoms with Crippen molar-refractivity contribution in [1.29, 1.82) is 0 Å². The maximum Gasteiger partial charge on any atom is 0.227 e. The molecule has 1 aliphatic heterocycles. The molecule has 40 heavy (non-hydrogen) atoms. The Morgan fingerprint density at radius 2 is 1.50 bits per heavy atom. The fourth-order valence-electron chi connectivity index (χ4n) is 5.19. The van der Waals surface area contributed by atoms with Gasteiger partial charge in [-0.3, -0.25) is 4.79 Å². The van der Waals surface area contributed by atoms with E-state index < -0.39 is 0 Å². The molecule has 1 amide bonds. The number of carbonyl (C=O) groups is 1. The van der Waals surface area contributed by atoms with Crippen molar-refractivity contribution in [2.75, 3.05) is 17.4 Å². The van der Waals surface area contributed by atoms with Gasteiger partial charge in [0.2, 0.25) is 5.91 Å². The summed E-state index contributed by atoms with van der Waals surface area (Å²) in [4.78, 5) is 18.5. The van der Waals surface area contributed by atoms with Crippen LogP contribution in [-0.4, -0.2) is 23.3 Å². The molecule has 0 fully saturated rings. The average molecular weight is 565 g/mol. The van der Waals surface area contributed by atoms with E-state index in [0.717, 1.165) is 42.4 Å². The minimum Gasteiger partial charge on any atom is -0.494 e. The molecule has 0 saturated carbocycles. The molecule has 0 radical (unpaired) electrons. The van der Waals surface area contributed by atoms with Crippen LogP contribution in [0, 0.1) is 0 Å². The van der Waals surface area contributed by atoms with Crippen LogP contribution in [-0.2, 0) is 17.9 Å². The molecule has 3 rings (SSSR count). The summed E-state index contributed by atoms with van der Waals surface area (Å²) < 4.78 is 6.08. The number of nitrogens with zero attached hydrogens (tertiary/aromatic N) is 2. The average Bonchev–Trinajstić information content (AvgIpc) is 3.38. The summed E-state index contributed by atoms with van der Waals surface area (Å²) in [5.41, 5.74) is 3.29. The molecule has 4 nitrogen and oxygen atoms in total. The molecule has 2 aromatic rings. The Morgan fingerprint density at radius 3 is 2.10 bits per heavy atom. The van der Waals surface area contributed by atoms with E-state index in [0.29, 0.717) is 13.0 Å². The maximum atomic E-state index is 12.9. The van der Waals surface area contributed by atoms with Crippen LogP contribution in [0.15, 0.2) is 59.6 Å². The molecule has 0 aliphatic carbocycles. The topological polar surface area (TPSA) is 32.8 Å². The number of allylic oxidation sites excluding steroid dienone is 1. The zero-order valence-electron chi connectivity index (χ0n) is 25.3. The molecule has 0 unspecified atom stereocenters. The Morgan fingerprint density at radius 1 is 0.850 bits per heavy atom. The van der Waals surface area contributed by atoms with Crippen molar-refractivity contribution in [3.63, 3.8) is 0 Å². The van der Waals surface area contributed by atoms with Crippen molar-refractivity contribution >= 4 is 23.4 Å². The minimum absolute atomic E-state index is 0.130. The van der Waals surface area contributed by atoms with Crippen molar-refractivity contribution in [1.82, 2.24) is 4.90 Å². The quantitative estimate of drug-likeness (QED) is 0.150. The van der Waals surface area contributed by atoms with Crippen molar-refractivity contribution in [3.05, 3.63) is 70.8 Å². The van der Waals surface area contributed by atoms with E-state index in [1.807, 2.05) is 35.7 Å². The Kier molecular flexibility index (Phi) is 15.1. The molecule has 0 spiro atoms. The van der Waals surface area contributed by atoms with E-state index in [1.54, 1.807) is 0 Å². The van der Waals surface area contributed by atoms with E-state index in [1.165, 1.54) is 81.1 Å². The maximum absolute atomic E-state index is 12.9. The molecule has 0 atom stereocenters. The molecule has 0 bridgehead atoms. The number of amides is 1. The zero-order valence-corrected chi connectivity index (χ0v) is 26.2. The first-order chi connectivity index (χ1) is 19.6. The third-order valence-corrected chi connectivity index (χ3v) is 8.59. The highest BCUT2D eigenvalue weighted by Gasteiger charge is 2.16.